The number of nitrogens with one attached hydrogen (secondary N) is 4. The fourth-order valence-electron chi connectivity index (χ4n) is 7.77. The van der Waals surface area contributed by atoms with Crippen molar-refractivity contribution >= 4 is 46.9 Å². The zero-order valence-corrected chi connectivity index (χ0v) is 27.4. The third kappa shape index (κ3) is 13.5. The maximum absolute atomic E-state index is 12.7. The van der Waals surface area contributed by atoms with Crippen LogP contribution in [0.1, 0.15) is 103 Å². The van der Waals surface area contributed by atoms with E-state index < -0.39 is 35.5 Å². The van der Waals surface area contributed by atoms with E-state index in [9.17, 15) is 38.4 Å². The molecule has 14 heteroatoms. The second kappa shape index (κ2) is 18.6. The number of amides is 5. The third-order valence-electron chi connectivity index (χ3n) is 9.71. The number of carbonyl (C=O) groups excluding carboxylic acids is 8. The highest BCUT2D eigenvalue weighted by Crippen LogP contribution is 2.61. The van der Waals surface area contributed by atoms with Gasteiger partial charge in [0, 0.05) is 51.5 Å². The molecule has 5 amide bonds. The Bertz CT molecular complexity index is 1150. The van der Waals surface area contributed by atoms with Crippen LogP contribution in [0, 0.1) is 23.2 Å². The summed E-state index contributed by atoms with van der Waals surface area (Å²) in [6.07, 6.45) is 8.93. The Balaban J connectivity index is 1.21. The van der Waals surface area contributed by atoms with Gasteiger partial charge in [-0.25, -0.2) is 0 Å². The minimum Gasteiger partial charge on any atom is -0.368 e. The van der Waals surface area contributed by atoms with Crippen LogP contribution in [0.2, 0.25) is 0 Å². The fraction of sp³-hybridized carbons (Fsp3) is 0.758. The van der Waals surface area contributed by atoms with E-state index in [0.29, 0.717) is 32.2 Å². The number of primary amides is 1. The largest absolute Gasteiger partial charge is 0.368 e. The van der Waals surface area contributed by atoms with Gasteiger partial charge in [-0.15, -0.1) is 0 Å². The van der Waals surface area contributed by atoms with E-state index in [-0.39, 0.29) is 81.0 Å². The lowest BCUT2D eigenvalue weighted by Gasteiger charge is -2.56. The van der Waals surface area contributed by atoms with Gasteiger partial charge >= 0.3 is 0 Å². The molecule has 262 valence electrons. The van der Waals surface area contributed by atoms with Crippen LogP contribution in [0.4, 0.5) is 0 Å². The lowest BCUT2D eigenvalue weighted by atomic mass is 9.49. The number of carbonyl (C=O) groups is 8. The number of Topliss-reactive ketones (excluding diaryl/α,β-unsaturated/α-hetero) is 3. The number of ketones is 3. The Morgan fingerprint density at radius 2 is 1.11 bits per heavy atom. The molecule has 0 radical (unpaired) electrons. The summed E-state index contributed by atoms with van der Waals surface area (Å²) in [6.45, 7) is -0.257. The van der Waals surface area contributed by atoms with Gasteiger partial charge < -0.3 is 32.7 Å². The van der Waals surface area contributed by atoms with Gasteiger partial charge in [0.1, 0.15) is 11.8 Å². The van der Waals surface area contributed by atoms with Gasteiger partial charge in [0.05, 0.1) is 19.6 Å². The van der Waals surface area contributed by atoms with Crippen molar-refractivity contribution in [3.8, 4) is 0 Å². The third-order valence-corrected chi connectivity index (χ3v) is 9.71. The molecule has 4 saturated carbocycles. The lowest BCUT2D eigenvalue weighted by molar-refractivity contribution is -0.129. The van der Waals surface area contributed by atoms with Crippen molar-refractivity contribution in [3.05, 3.63) is 0 Å². The lowest BCUT2D eigenvalue weighted by Crippen LogP contribution is -2.48. The molecule has 8 N–H and O–H groups in total. The molecule has 4 aliphatic carbocycles. The number of rotatable bonds is 23. The molecule has 0 aliphatic heterocycles. The molecule has 0 aromatic carbocycles. The maximum Gasteiger partial charge on any atom is 0.239 e. The molecule has 4 aliphatic rings. The predicted molar refractivity (Wildman–Crippen MR) is 171 cm³/mol. The van der Waals surface area contributed by atoms with E-state index in [0.717, 1.165) is 17.8 Å². The van der Waals surface area contributed by atoms with Crippen LogP contribution in [0.15, 0.2) is 0 Å². The first kappa shape index (κ1) is 37.8. The Hall–Kier alpha value is -3.68. The summed E-state index contributed by atoms with van der Waals surface area (Å²) in [5, 5.41) is 10.4. The topological polar surface area (TPSA) is 237 Å². The summed E-state index contributed by atoms with van der Waals surface area (Å²) in [6, 6.07) is -0.893. The number of nitrogens with two attached hydrogens (primary N) is 2. The average Bonchev–Trinajstić information content (AvgIpc) is 3.01. The standard InChI is InChI=1S/C33H52N6O8/c34-18-24(40)4-7-28(43)37-19-25(41)5-8-29(44)38-20-26(42)6-9-30(45)39-27(32(35)47)3-1-2-10-36-31(46)17-33-14-21-11-22(15-33)13-23(12-21)16-33/h21-23,27H,1-20,34H2,(H2,35,47)(H,36,46)(H,37,43)(H,38,44)(H,39,45)/t21?,22?,23?,27-,33?/m0/s1. The normalized spacial score (nSPS) is 23.0. The molecule has 4 bridgehead atoms. The summed E-state index contributed by atoms with van der Waals surface area (Å²) in [7, 11) is 0. The molecule has 0 unspecified atom stereocenters. The van der Waals surface area contributed by atoms with Crippen molar-refractivity contribution in [2.24, 2.45) is 34.6 Å². The Morgan fingerprint density at radius 3 is 1.60 bits per heavy atom. The van der Waals surface area contributed by atoms with Gasteiger partial charge in [-0.3, -0.25) is 38.4 Å². The van der Waals surface area contributed by atoms with Gasteiger partial charge in [0.25, 0.3) is 0 Å². The minimum absolute atomic E-state index is 0.0105. The highest BCUT2D eigenvalue weighted by molar-refractivity contribution is 5.93. The fourth-order valence-corrected chi connectivity index (χ4v) is 7.77. The van der Waals surface area contributed by atoms with E-state index in [1.807, 2.05) is 0 Å². The van der Waals surface area contributed by atoms with E-state index >= 15 is 0 Å². The van der Waals surface area contributed by atoms with Gasteiger partial charge in [-0.2, -0.15) is 0 Å². The zero-order chi connectivity index (χ0) is 34.4. The zero-order valence-electron chi connectivity index (χ0n) is 27.4. The summed E-state index contributed by atoms with van der Waals surface area (Å²) < 4.78 is 0. The molecule has 14 nitrogen and oxygen atoms in total. The van der Waals surface area contributed by atoms with Crippen molar-refractivity contribution < 1.29 is 38.4 Å². The molecule has 0 spiro atoms. The molecule has 0 heterocycles. The van der Waals surface area contributed by atoms with E-state index in [1.165, 1.54) is 38.5 Å². The van der Waals surface area contributed by atoms with Crippen LogP contribution in [0.5, 0.6) is 0 Å². The van der Waals surface area contributed by atoms with Gasteiger partial charge in [0.15, 0.2) is 11.6 Å². The van der Waals surface area contributed by atoms with E-state index in [2.05, 4.69) is 21.3 Å². The second-order valence-electron chi connectivity index (χ2n) is 13.8. The minimum atomic E-state index is -0.893. The number of unbranched alkanes of at least 4 members (excludes halogenated alkanes) is 1. The van der Waals surface area contributed by atoms with Crippen LogP contribution >= 0.6 is 0 Å². The molecule has 4 rings (SSSR count). The summed E-state index contributed by atoms with van der Waals surface area (Å²) >= 11 is 0. The van der Waals surface area contributed by atoms with Crippen molar-refractivity contribution in [3.63, 3.8) is 0 Å². The Kier molecular flexibility index (Phi) is 15.0. The van der Waals surface area contributed by atoms with Crippen molar-refractivity contribution in [2.45, 2.75) is 109 Å². The first-order valence-electron chi connectivity index (χ1n) is 17.0. The second-order valence-corrected chi connectivity index (χ2v) is 13.8. The van der Waals surface area contributed by atoms with Crippen LogP contribution in [-0.4, -0.2) is 79.1 Å². The van der Waals surface area contributed by atoms with E-state index in [4.69, 9.17) is 11.5 Å². The summed E-state index contributed by atoms with van der Waals surface area (Å²) in [5.74, 6) is -0.772. The van der Waals surface area contributed by atoms with Crippen LogP contribution in [-0.2, 0) is 38.4 Å². The van der Waals surface area contributed by atoms with Gasteiger partial charge in [-0.1, -0.05) is 0 Å². The van der Waals surface area contributed by atoms with Gasteiger partial charge in [-0.05, 0) is 81.0 Å². The van der Waals surface area contributed by atoms with Crippen molar-refractivity contribution in [2.75, 3.05) is 26.2 Å². The molecular weight excluding hydrogens is 608 g/mol. The first-order chi connectivity index (χ1) is 22.4. The summed E-state index contributed by atoms with van der Waals surface area (Å²) in [5.41, 5.74) is 10.8. The van der Waals surface area contributed by atoms with Gasteiger partial charge in [0.2, 0.25) is 29.5 Å². The molecule has 0 aromatic rings. The smallest absolute Gasteiger partial charge is 0.239 e. The molecule has 0 aromatic heterocycles. The first-order valence-corrected chi connectivity index (χ1v) is 17.0. The highest BCUT2D eigenvalue weighted by Gasteiger charge is 2.51. The molecule has 4 fully saturated rings. The SMILES string of the molecule is NCC(=O)CCC(=O)NCC(=O)CCC(=O)NCC(=O)CCC(=O)N[C@@H](CCCCNC(=O)CC12CC3CC(CC(C3)C1)C2)C(N)=O. The quantitative estimate of drug-likeness (QED) is 0.0813. The molecule has 0 saturated heterocycles. The van der Waals surface area contributed by atoms with Crippen LogP contribution < -0.4 is 32.7 Å². The van der Waals surface area contributed by atoms with Crippen LogP contribution in [0.25, 0.3) is 0 Å². The Morgan fingerprint density at radius 1 is 0.617 bits per heavy atom. The van der Waals surface area contributed by atoms with E-state index in [1.54, 1.807) is 0 Å². The maximum atomic E-state index is 12.7. The number of hydrogen-bond donors (Lipinski definition) is 6. The molecular formula is C33H52N6O8. The van der Waals surface area contributed by atoms with Crippen molar-refractivity contribution in [1.29, 1.82) is 0 Å². The average molecular weight is 661 g/mol. The molecule has 1 atom stereocenters. The molecule has 47 heavy (non-hydrogen) atoms. The predicted octanol–water partition coefficient (Wildman–Crippen LogP) is 0.0885. The number of hydrogen-bond acceptors (Lipinski definition) is 9. The highest BCUT2D eigenvalue weighted by atomic mass is 16.2. The summed E-state index contributed by atoms with van der Waals surface area (Å²) in [4.78, 5) is 95.7. The van der Waals surface area contributed by atoms with Crippen LogP contribution in [0.3, 0.4) is 0 Å². The monoisotopic (exact) mass is 660 g/mol. The van der Waals surface area contributed by atoms with Crippen molar-refractivity contribution in [1.82, 2.24) is 21.3 Å². The Labute approximate surface area is 276 Å².